The van der Waals surface area contributed by atoms with Crippen molar-refractivity contribution in [2.75, 3.05) is 6.54 Å². The molecular weight excluding hydrogens is 336 g/mol. The van der Waals surface area contributed by atoms with Crippen LogP contribution in [-0.2, 0) is 0 Å². The lowest BCUT2D eigenvalue weighted by Crippen LogP contribution is -2.25. The molecule has 0 spiro atoms. The summed E-state index contributed by atoms with van der Waals surface area (Å²) in [6.07, 6.45) is 0.888. The Bertz CT molecular complexity index is 577. The van der Waals surface area contributed by atoms with Gasteiger partial charge in [-0.25, -0.2) is 8.78 Å². The molecule has 2 aromatic rings. The number of aryl methyl sites for hydroxylation is 1. The zero-order valence-electron chi connectivity index (χ0n) is 12.1. The predicted molar refractivity (Wildman–Crippen MR) is 85.4 cm³/mol. The topological polar surface area (TPSA) is 12.0 Å². The van der Waals surface area contributed by atoms with Crippen molar-refractivity contribution in [1.82, 2.24) is 5.32 Å². The highest BCUT2D eigenvalue weighted by Gasteiger charge is 2.21. The van der Waals surface area contributed by atoms with Crippen LogP contribution < -0.4 is 5.32 Å². The smallest absolute Gasteiger partial charge is 0.128 e. The Hall–Kier alpha value is -1.26. The Balaban J connectivity index is 2.52. The zero-order chi connectivity index (χ0) is 15.4. The van der Waals surface area contributed by atoms with Gasteiger partial charge < -0.3 is 5.32 Å². The quantitative estimate of drug-likeness (QED) is 0.785. The summed E-state index contributed by atoms with van der Waals surface area (Å²) in [7, 11) is 0. The molecule has 0 aliphatic carbocycles. The van der Waals surface area contributed by atoms with E-state index in [9.17, 15) is 8.78 Å². The molecule has 2 rings (SSSR count). The number of benzene rings is 2. The lowest BCUT2D eigenvalue weighted by molar-refractivity contribution is 0.520. The highest BCUT2D eigenvalue weighted by Crippen LogP contribution is 2.29. The normalized spacial score (nSPS) is 12.4. The Morgan fingerprint density at radius 2 is 1.67 bits per heavy atom. The standard InChI is InChI=1S/C17H18BrF2N/c1-3-8-21-17(13-9-11(2)4-6-15(13)19)14-10-12(18)5-7-16(14)20/h4-7,9-10,17,21H,3,8H2,1-2H3. The third-order valence-corrected chi connectivity index (χ3v) is 3.82. The van der Waals surface area contributed by atoms with E-state index in [4.69, 9.17) is 0 Å². The Labute approximate surface area is 132 Å². The summed E-state index contributed by atoms with van der Waals surface area (Å²) in [4.78, 5) is 0. The molecule has 0 bridgehead atoms. The van der Waals surface area contributed by atoms with E-state index in [1.54, 1.807) is 24.3 Å². The number of halogens is 3. The van der Waals surface area contributed by atoms with Gasteiger partial charge in [0.2, 0.25) is 0 Å². The SMILES string of the molecule is CCCNC(c1cc(C)ccc1F)c1cc(Br)ccc1F. The fraction of sp³-hybridized carbons (Fsp3) is 0.294. The third kappa shape index (κ3) is 3.89. The third-order valence-electron chi connectivity index (χ3n) is 3.33. The monoisotopic (exact) mass is 353 g/mol. The molecule has 0 amide bonds. The lowest BCUT2D eigenvalue weighted by Gasteiger charge is -2.21. The summed E-state index contributed by atoms with van der Waals surface area (Å²) in [5.41, 5.74) is 1.87. The minimum Gasteiger partial charge on any atom is -0.306 e. The maximum absolute atomic E-state index is 14.2. The van der Waals surface area contributed by atoms with Crippen LogP contribution in [0.5, 0.6) is 0 Å². The van der Waals surface area contributed by atoms with Crippen LogP contribution in [0.2, 0.25) is 0 Å². The Morgan fingerprint density at radius 3 is 2.33 bits per heavy atom. The number of nitrogens with one attached hydrogen (secondary N) is 1. The molecule has 0 fully saturated rings. The highest BCUT2D eigenvalue weighted by atomic mass is 79.9. The maximum atomic E-state index is 14.2. The average Bonchev–Trinajstić information content (AvgIpc) is 2.46. The zero-order valence-corrected chi connectivity index (χ0v) is 13.7. The first-order valence-corrected chi connectivity index (χ1v) is 7.76. The fourth-order valence-corrected chi connectivity index (χ4v) is 2.68. The van der Waals surface area contributed by atoms with E-state index in [-0.39, 0.29) is 11.6 Å². The van der Waals surface area contributed by atoms with Gasteiger partial charge in [0.15, 0.2) is 0 Å². The van der Waals surface area contributed by atoms with E-state index < -0.39 is 6.04 Å². The Morgan fingerprint density at radius 1 is 1.05 bits per heavy atom. The molecule has 4 heteroatoms. The molecule has 112 valence electrons. The van der Waals surface area contributed by atoms with Crippen molar-refractivity contribution >= 4 is 15.9 Å². The van der Waals surface area contributed by atoms with Crippen molar-refractivity contribution in [3.63, 3.8) is 0 Å². The van der Waals surface area contributed by atoms with E-state index in [1.165, 1.54) is 12.1 Å². The van der Waals surface area contributed by atoms with Gasteiger partial charge in [-0.05, 0) is 44.2 Å². The van der Waals surface area contributed by atoms with Crippen LogP contribution in [0.25, 0.3) is 0 Å². The number of hydrogen-bond donors (Lipinski definition) is 1. The summed E-state index contributed by atoms with van der Waals surface area (Å²) in [5.74, 6) is -0.665. The van der Waals surface area contributed by atoms with Crippen LogP contribution in [0.3, 0.4) is 0 Å². The van der Waals surface area contributed by atoms with Crippen molar-refractivity contribution < 1.29 is 8.78 Å². The van der Waals surface area contributed by atoms with Gasteiger partial charge in [-0.1, -0.05) is 40.5 Å². The predicted octanol–water partition coefficient (Wildman–Crippen LogP) is 5.12. The van der Waals surface area contributed by atoms with Crippen molar-refractivity contribution in [3.8, 4) is 0 Å². The second-order valence-electron chi connectivity index (χ2n) is 5.08. The molecule has 2 aromatic carbocycles. The van der Waals surface area contributed by atoms with Gasteiger partial charge >= 0.3 is 0 Å². The molecule has 0 saturated heterocycles. The first-order chi connectivity index (χ1) is 10.0. The molecule has 0 heterocycles. The first-order valence-electron chi connectivity index (χ1n) is 6.97. The summed E-state index contributed by atoms with van der Waals surface area (Å²) in [5, 5.41) is 3.24. The van der Waals surface area contributed by atoms with Crippen LogP contribution in [-0.4, -0.2) is 6.54 Å². The van der Waals surface area contributed by atoms with E-state index >= 15 is 0 Å². The van der Waals surface area contributed by atoms with Crippen molar-refractivity contribution in [1.29, 1.82) is 0 Å². The van der Waals surface area contributed by atoms with E-state index in [0.29, 0.717) is 17.7 Å². The van der Waals surface area contributed by atoms with E-state index in [2.05, 4.69) is 21.2 Å². The molecule has 0 radical (unpaired) electrons. The lowest BCUT2D eigenvalue weighted by atomic mass is 9.96. The molecule has 1 atom stereocenters. The van der Waals surface area contributed by atoms with Gasteiger partial charge in [0.25, 0.3) is 0 Å². The van der Waals surface area contributed by atoms with Crippen LogP contribution in [0.4, 0.5) is 8.78 Å². The second-order valence-corrected chi connectivity index (χ2v) is 5.99. The van der Waals surface area contributed by atoms with Gasteiger partial charge in [-0.15, -0.1) is 0 Å². The maximum Gasteiger partial charge on any atom is 0.128 e. The molecule has 0 aliphatic rings. The van der Waals surface area contributed by atoms with Gasteiger partial charge in [0.1, 0.15) is 11.6 Å². The van der Waals surface area contributed by atoms with Crippen molar-refractivity contribution in [2.45, 2.75) is 26.3 Å². The van der Waals surface area contributed by atoms with Crippen molar-refractivity contribution in [3.05, 3.63) is 69.2 Å². The van der Waals surface area contributed by atoms with Gasteiger partial charge in [0, 0.05) is 15.6 Å². The fourth-order valence-electron chi connectivity index (χ4n) is 2.30. The molecule has 0 saturated carbocycles. The van der Waals surface area contributed by atoms with Gasteiger partial charge in [0.05, 0.1) is 6.04 Å². The second kappa shape index (κ2) is 7.14. The molecule has 1 unspecified atom stereocenters. The molecule has 0 aromatic heterocycles. The van der Waals surface area contributed by atoms with E-state index in [1.807, 2.05) is 13.8 Å². The molecule has 21 heavy (non-hydrogen) atoms. The molecule has 0 aliphatic heterocycles. The first kappa shape index (κ1) is 16.1. The minimum absolute atomic E-state index is 0.325. The number of rotatable bonds is 5. The summed E-state index contributed by atoms with van der Waals surface area (Å²) >= 11 is 3.35. The van der Waals surface area contributed by atoms with Crippen LogP contribution in [0.15, 0.2) is 40.9 Å². The Kier molecular flexibility index (Phi) is 5.48. The largest absolute Gasteiger partial charge is 0.306 e. The van der Waals surface area contributed by atoms with Crippen molar-refractivity contribution in [2.24, 2.45) is 0 Å². The molecular formula is C17H18BrF2N. The minimum atomic E-state index is -0.498. The van der Waals surface area contributed by atoms with Gasteiger partial charge in [-0.2, -0.15) is 0 Å². The van der Waals surface area contributed by atoms with Crippen LogP contribution in [0, 0.1) is 18.6 Å². The average molecular weight is 354 g/mol. The molecule has 1 nitrogen and oxygen atoms in total. The summed E-state index contributed by atoms with van der Waals surface area (Å²) in [6.45, 7) is 4.61. The van der Waals surface area contributed by atoms with Gasteiger partial charge in [-0.3, -0.25) is 0 Å². The van der Waals surface area contributed by atoms with Crippen LogP contribution in [0.1, 0.15) is 36.1 Å². The van der Waals surface area contributed by atoms with E-state index in [0.717, 1.165) is 16.5 Å². The summed E-state index contributed by atoms with van der Waals surface area (Å²) < 4.78 is 29.1. The van der Waals surface area contributed by atoms with Crippen LogP contribution >= 0.6 is 15.9 Å². The number of hydrogen-bond acceptors (Lipinski definition) is 1. The highest BCUT2D eigenvalue weighted by molar-refractivity contribution is 9.10. The molecule has 1 N–H and O–H groups in total. The summed E-state index contributed by atoms with van der Waals surface area (Å²) in [6, 6.07) is 9.15.